The molecule has 0 amide bonds. The lowest BCUT2D eigenvalue weighted by Crippen LogP contribution is -2.28. The minimum Gasteiger partial charge on any atom is -0.376 e. The van der Waals surface area contributed by atoms with Gasteiger partial charge >= 0.3 is 10.2 Å². The van der Waals surface area contributed by atoms with E-state index in [-0.39, 0.29) is 6.10 Å². The number of ether oxygens (including phenoxy) is 1. The number of nitrogens with zero attached hydrogens (tertiary/aromatic N) is 3. The molecule has 0 bridgehead atoms. The average Bonchev–Trinajstić information content (AvgIpc) is 2.77. The molecule has 19 heavy (non-hydrogen) atoms. The first-order chi connectivity index (χ1) is 8.97. The molecule has 0 saturated carbocycles. The second-order valence-corrected chi connectivity index (χ2v) is 6.71. The van der Waals surface area contributed by atoms with Crippen LogP contribution in [-0.2, 0) is 21.5 Å². The van der Waals surface area contributed by atoms with E-state index in [1.165, 1.54) is 26.7 Å². The third-order valence-electron chi connectivity index (χ3n) is 3.03. The van der Waals surface area contributed by atoms with Crippen LogP contribution in [0.5, 0.6) is 0 Å². The summed E-state index contributed by atoms with van der Waals surface area (Å²) < 4.78 is 34.2. The topological polar surface area (TPSA) is 76.5 Å². The summed E-state index contributed by atoms with van der Waals surface area (Å²) in [5, 5.41) is 4.14. The zero-order chi connectivity index (χ0) is 13.9. The van der Waals surface area contributed by atoms with Crippen LogP contribution in [-0.4, -0.2) is 49.3 Å². The molecular formula is C11H20N4O3S. The van der Waals surface area contributed by atoms with Crippen LogP contribution in [0.2, 0.25) is 0 Å². The Morgan fingerprint density at radius 3 is 2.95 bits per heavy atom. The van der Waals surface area contributed by atoms with E-state index in [0.717, 1.165) is 23.8 Å². The molecule has 1 aliphatic heterocycles. The first kappa shape index (κ1) is 14.3. The van der Waals surface area contributed by atoms with Gasteiger partial charge in [0.15, 0.2) is 0 Å². The SMILES string of the molecule is CN(C)S(=O)(=O)Nc1cnn(C[C@@H]2CCCCO2)c1. The minimum absolute atomic E-state index is 0.173. The van der Waals surface area contributed by atoms with Crippen molar-refractivity contribution < 1.29 is 13.2 Å². The summed E-state index contributed by atoms with van der Waals surface area (Å²) in [5.41, 5.74) is 0.463. The lowest BCUT2D eigenvalue weighted by atomic mass is 10.1. The summed E-state index contributed by atoms with van der Waals surface area (Å²) in [4.78, 5) is 0. The molecule has 1 aromatic heterocycles. The van der Waals surface area contributed by atoms with E-state index in [4.69, 9.17) is 4.74 Å². The Bertz CT molecular complexity index is 506. The molecule has 0 radical (unpaired) electrons. The molecule has 0 aliphatic carbocycles. The predicted molar refractivity (Wildman–Crippen MR) is 72.0 cm³/mol. The Balaban J connectivity index is 1.95. The van der Waals surface area contributed by atoms with Crippen LogP contribution in [0.25, 0.3) is 0 Å². The van der Waals surface area contributed by atoms with Crippen molar-refractivity contribution in [2.24, 2.45) is 0 Å². The molecular weight excluding hydrogens is 268 g/mol. The summed E-state index contributed by atoms with van der Waals surface area (Å²) in [6.07, 6.45) is 6.67. The maximum atomic E-state index is 11.7. The fraction of sp³-hybridized carbons (Fsp3) is 0.727. The maximum absolute atomic E-state index is 11.7. The van der Waals surface area contributed by atoms with E-state index < -0.39 is 10.2 Å². The van der Waals surface area contributed by atoms with Crippen molar-refractivity contribution in [1.29, 1.82) is 0 Å². The van der Waals surface area contributed by atoms with Crippen molar-refractivity contribution in [3.05, 3.63) is 12.4 Å². The van der Waals surface area contributed by atoms with E-state index in [9.17, 15) is 8.42 Å². The molecule has 2 heterocycles. The summed E-state index contributed by atoms with van der Waals surface area (Å²) >= 11 is 0. The second-order valence-electron chi connectivity index (χ2n) is 4.83. The molecule has 1 N–H and O–H groups in total. The van der Waals surface area contributed by atoms with Crippen molar-refractivity contribution >= 4 is 15.9 Å². The van der Waals surface area contributed by atoms with E-state index >= 15 is 0 Å². The first-order valence-corrected chi connectivity index (χ1v) is 7.76. The van der Waals surface area contributed by atoms with Crippen molar-refractivity contribution in [2.45, 2.75) is 31.9 Å². The summed E-state index contributed by atoms with van der Waals surface area (Å²) in [6.45, 7) is 1.45. The van der Waals surface area contributed by atoms with Gasteiger partial charge in [-0.15, -0.1) is 0 Å². The van der Waals surface area contributed by atoms with E-state index in [2.05, 4.69) is 9.82 Å². The molecule has 2 rings (SSSR count). The fourth-order valence-electron chi connectivity index (χ4n) is 1.92. The van der Waals surface area contributed by atoms with Gasteiger partial charge in [-0.25, -0.2) is 0 Å². The highest BCUT2D eigenvalue weighted by Gasteiger charge is 2.17. The van der Waals surface area contributed by atoms with Crippen LogP contribution in [0.4, 0.5) is 5.69 Å². The molecule has 108 valence electrons. The molecule has 1 atom stereocenters. The zero-order valence-corrected chi connectivity index (χ0v) is 12.1. The van der Waals surface area contributed by atoms with Gasteiger partial charge in [-0.05, 0) is 19.3 Å². The maximum Gasteiger partial charge on any atom is 0.301 e. The van der Waals surface area contributed by atoms with Crippen molar-refractivity contribution in [2.75, 3.05) is 25.4 Å². The van der Waals surface area contributed by atoms with Gasteiger partial charge in [-0.2, -0.15) is 17.8 Å². The second kappa shape index (κ2) is 5.89. The highest BCUT2D eigenvalue weighted by molar-refractivity contribution is 7.90. The van der Waals surface area contributed by atoms with E-state index in [1.54, 1.807) is 10.9 Å². The number of anilines is 1. The Labute approximate surface area is 113 Å². The number of aromatic nitrogens is 2. The van der Waals surface area contributed by atoms with Gasteiger partial charge in [-0.3, -0.25) is 9.40 Å². The number of nitrogens with one attached hydrogen (secondary N) is 1. The summed E-state index contributed by atoms with van der Waals surface area (Å²) in [5.74, 6) is 0. The van der Waals surface area contributed by atoms with E-state index in [0.29, 0.717) is 12.2 Å². The predicted octanol–water partition coefficient (Wildman–Crippen LogP) is 0.670. The van der Waals surface area contributed by atoms with Crippen LogP contribution in [0.3, 0.4) is 0 Å². The third kappa shape index (κ3) is 3.92. The van der Waals surface area contributed by atoms with Crippen LogP contribution in [0.15, 0.2) is 12.4 Å². The standard InChI is InChI=1S/C11H20N4O3S/c1-14(2)19(16,17)13-10-7-12-15(8-10)9-11-5-3-4-6-18-11/h7-8,11,13H,3-6,9H2,1-2H3/t11-/m0/s1. The normalized spacial score (nSPS) is 20.7. The lowest BCUT2D eigenvalue weighted by molar-refractivity contribution is 0.00401. The van der Waals surface area contributed by atoms with Gasteiger partial charge in [0.2, 0.25) is 0 Å². The summed E-state index contributed by atoms with van der Waals surface area (Å²) in [7, 11) is -0.523. The van der Waals surface area contributed by atoms with Gasteiger partial charge in [0.05, 0.1) is 24.5 Å². The van der Waals surface area contributed by atoms with Crippen LogP contribution < -0.4 is 4.72 Å². The quantitative estimate of drug-likeness (QED) is 0.864. The lowest BCUT2D eigenvalue weighted by Gasteiger charge is -2.22. The molecule has 1 saturated heterocycles. The number of hydrogen-bond donors (Lipinski definition) is 1. The molecule has 8 heteroatoms. The third-order valence-corrected chi connectivity index (χ3v) is 4.48. The van der Waals surface area contributed by atoms with Crippen molar-refractivity contribution in [3.8, 4) is 0 Å². The highest BCUT2D eigenvalue weighted by Crippen LogP contribution is 2.15. The van der Waals surface area contributed by atoms with Gasteiger partial charge in [0.25, 0.3) is 0 Å². The molecule has 1 aliphatic rings. The molecule has 0 unspecified atom stereocenters. The van der Waals surface area contributed by atoms with Crippen LogP contribution in [0, 0.1) is 0 Å². The zero-order valence-electron chi connectivity index (χ0n) is 11.2. The Hall–Kier alpha value is -1.12. The van der Waals surface area contributed by atoms with Gasteiger partial charge in [0, 0.05) is 26.9 Å². The highest BCUT2D eigenvalue weighted by atomic mass is 32.2. The molecule has 1 fully saturated rings. The monoisotopic (exact) mass is 288 g/mol. The largest absolute Gasteiger partial charge is 0.376 e. The average molecular weight is 288 g/mol. The Morgan fingerprint density at radius 1 is 1.53 bits per heavy atom. The molecule has 1 aromatic rings. The van der Waals surface area contributed by atoms with Gasteiger partial charge in [0.1, 0.15) is 0 Å². The van der Waals surface area contributed by atoms with Gasteiger partial charge in [-0.1, -0.05) is 0 Å². The van der Waals surface area contributed by atoms with Crippen LogP contribution >= 0.6 is 0 Å². The summed E-state index contributed by atoms with van der Waals surface area (Å²) in [6, 6.07) is 0. The fourth-order valence-corrected chi connectivity index (χ4v) is 2.50. The Kier molecular flexibility index (Phi) is 4.43. The Morgan fingerprint density at radius 2 is 2.32 bits per heavy atom. The van der Waals surface area contributed by atoms with E-state index in [1.807, 2.05) is 0 Å². The van der Waals surface area contributed by atoms with Crippen molar-refractivity contribution in [3.63, 3.8) is 0 Å². The number of hydrogen-bond acceptors (Lipinski definition) is 4. The number of rotatable bonds is 5. The van der Waals surface area contributed by atoms with Gasteiger partial charge < -0.3 is 4.74 Å². The molecule has 0 spiro atoms. The van der Waals surface area contributed by atoms with Crippen molar-refractivity contribution in [1.82, 2.24) is 14.1 Å². The molecule has 0 aromatic carbocycles. The smallest absolute Gasteiger partial charge is 0.301 e. The molecule has 7 nitrogen and oxygen atoms in total. The minimum atomic E-state index is -3.47. The van der Waals surface area contributed by atoms with Crippen LogP contribution in [0.1, 0.15) is 19.3 Å². The first-order valence-electron chi connectivity index (χ1n) is 6.32.